The summed E-state index contributed by atoms with van der Waals surface area (Å²) in [5.74, 6) is 0.899. The Hall–Kier alpha value is -2.37. The van der Waals surface area contributed by atoms with Gasteiger partial charge in [0.25, 0.3) is 5.91 Å². The molecule has 0 bridgehead atoms. The Morgan fingerprint density at radius 3 is 2.48 bits per heavy atom. The Bertz CT molecular complexity index is 697. The van der Waals surface area contributed by atoms with E-state index in [0.29, 0.717) is 30.4 Å². The maximum Gasteiger partial charge on any atom is 0.267 e. The molecule has 0 saturated carbocycles. The molecule has 2 N–H and O–H groups in total. The summed E-state index contributed by atoms with van der Waals surface area (Å²) < 4.78 is 5.86. The number of benzene rings is 2. The molecule has 1 amide bonds. The van der Waals surface area contributed by atoms with E-state index in [4.69, 9.17) is 9.57 Å². The standard InChI is InChI=1S/C20H26N2O3/c1-5-25-22-21-20(23)18-10-15(4)11-19(12-18)24-13-16-6-8-17(9-7-16)14(2)3/h6-12,14,22H,5,13H2,1-4H3,(H,21,23). The summed E-state index contributed by atoms with van der Waals surface area (Å²) in [5.41, 5.74) is 8.74. The number of nitrogens with one attached hydrogen (secondary N) is 2. The van der Waals surface area contributed by atoms with Crippen LogP contribution in [0.2, 0.25) is 0 Å². The monoisotopic (exact) mass is 342 g/mol. The SMILES string of the molecule is CCONNC(=O)c1cc(C)cc(OCc2ccc(C(C)C)cc2)c1. The highest BCUT2D eigenvalue weighted by atomic mass is 16.7. The van der Waals surface area contributed by atoms with Crippen molar-refractivity contribution < 1.29 is 14.4 Å². The lowest BCUT2D eigenvalue weighted by atomic mass is 10.0. The van der Waals surface area contributed by atoms with Crippen LogP contribution >= 0.6 is 0 Å². The van der Waals surface area contributed by atoms with Gasteiger partial charge in [0.1, 0.15) is 12.4 Å². The molecule has 0 heterocycles. The van der Waals surface area contributed by atoms with Gasteiger partial charge in [-0.3, -0.25) is 15.1 Å². The Labute approximate surface area is 149 Å². The zero-order valence-electron chi connectivity index (χ0n) is 15.3. The second-order valence-corrected chi connectivity index (χ2v) is 6.21. The van der Waals surface area contributed by atoms with Gasteiger partial charge in [0.2, 0.25) is 0 Å². The van der Waals surface area contributed by atoms with Crippen LogP contribution in [0.3, 0.4) is 0 Å². The first kappa shape index (κ1) is 19.0. The minimum Gasteiger partial charge on any atom is -0.489 e. The summed E-state index contributed by atoms with van der Waals surface area (Å²) in [6.07, 6.45) is 0. The van der Waals surface area contributed by atoms with Crippen molar-refractivity contribution in [1.29, 1.82) is 0 Å². The van der Waals surface area contributed by atoms with Gasteiger partial charge < -0.3 is 4.74 Å². The summed E-state index contributed by atoms with van der Waals surface area (Å²) in [5, 5.41) is 0. The van der Waals surface area contributed by atoms with Gasteiger partial charge in [0.15, 0.2) is 0 Å². The number of hydrogen-bond acceptors (Lipinski definition) is 4. The van der Waals surface area contributed by atoms with E-state index in [1.54, 1.807) is 12.1 Å². The number of hydrazine groups is 1. The molecule has 0 fully saturated rings. The summed E-state index contributed by atoms with van der Waals surface area (Å²) in [4.78, 5) is 17.0. The van der Waals surface area contributed by atoms with Crippen LogP contribution in [0.25, 0.3) is 0 Å². The first-order valence-electron chi connectivity index (χ1n) is 8.50. The van der Waals surface area contributed by atoms with E-state index in [9.17, 15) is 4.79 Å². The zero-order chi connectivity index (χ0) is 18.2. The first-order valence-corrected chi connectivity index (χ1v) is 8.50. The predicted molar refractivity (Wildman–Crippen MR) is 98.3 cm³/mol. The minimum absolute atomic E-state index is 0.275. The lowest BCUT2D eigenvalue weighted by Crippen LogP contribution is -2.37. The fraction of sp³-hybridized carbons (Fsp3) is 0.350. The predicted octanol–water partition coefficient (Wildman–Crippen LogP) is 3.88. The van der Waals surface area contributed by atoms with Crippen LogP contribution in [0.4, 0.5) is 0 Å². The van der Waals surface area contributed by atoms with Crippen molar-refractivity contribution in [3.05, 3.63) is 64.7 Å². The number of carbonyl (C=O) groups is 1. The lowest BCUT2D eigenvalue weighted by Gasteiger charge is -2.11. The Morgan fingerprint density at radius 2 is 1.84 bits per heavy atom. The topological polar surface area (TPSA) is 59.6 Å². The largest absolute Gasteiger partial charge is 0.489 e. The van der Waals surface area contributed by atoms with Crippen molar-refractivity contribution in [2.75, 3.05) is 6.61 Å². The normalized spacial score (nSPS) is 10.8. The second kappa shape index (κ2) is 9.20. The molecule has 2 aromatic carbocycles. The van der Waals surface area contributed by atoms with Crippen molar-refractivity contribution in [3.63, 3.8) is 0 Å². The highest BCUT2D eigenvalue weighted by Crippen LogP contribution is 2.19. The van der Waals surface area contributed by atoms with Crippen molar-refractivity contribution in [1.82, 2.24) is 11.0 Å². The van der Waals surface area contributed by atoms with Gasteiger partial charge in [-0.05, 0) is 54.7 Å². The zero-order valence-corrected chi connectivity index (χ0v) is 15.3. The number of amides is 1. The van der Waals surface area contributed by atoms with Crippen LogP contribution < -0.4 is 15.8 Å². The average Bonchev–Trinajstić information content (AvgIpc) is 2.60. The molecule has 2 rings (SSSR count). The van der Waals surface area contributed by atoms with E-state index in [2.05, 4.69) is 49.1 Å². The molecule has 0 aliphatic rings. The molecule has 2 aromatic rings. The van der Waals surface area contributed by atoms with E-state index in [0.717, 1.165) is 11.1 Å². The maximum absolute atomic E-state index is 12.1. The minimum atomic E-state index is -0.275. The van der Waals surface area contributed by atoms with Crippen molar-refractivity contribution in [3.8, 4) is 5.75 Å². The molecule has 5 heteroatoms. The van der Waals surface area contributed by atoms with E-state index in [1.165, 1.54) is 5.56 Å². The molecular formula is C20H26N2O3. The summed E-state index contributed by atoms with van der Waals surface area (Å²) in [6, 6.07) is 13.8. The van der Waals surface area contributed by atoms with E-state index >= 15 is 0 Å². The third-order valence-corrected chi connectivity index (χ3v) is 3.75. The van der Waals surface area contributed by atoms with Gasteiger partial charge in [0.05, 0.1) is 6.61 Å². The Kier molecular flexibility index (Phi) is 6.98. The smallest absolute Gasteiger partial charge is 0.267 e. The highest BCUT2D eigenvalue weighted by Gasteiger charge is 2.08. The molecule has 0 saturated heterocycles. The molecule has 0 aliphatic heterocycles. The fourth-order valence-electron chi connectivity index (χ4n) is 2.35. The number of hydrogen-bond donors (Lipinski definition) is 2. The number of aryl methyl sites for hydroxylation is 1. The van der Waals surface area contributed by atoms with Crippen molar-refractivity contribution in [2.45, 2.75) is 40.2 Å². The van der Waals surface area contributed by atoms with E-state index < -0.39 is 0 Å². The van der Waals surface area contributed by atoms with Crippen LogP contribution in [0, 0.1) is 6.92 Å². The van der Waals surface area contributed by atoms with Gasteiger partial charge in [-0.15, -0.1) is 5.59 Å². The van der Waals surface area contributed by atoms with E-state index in [-0.39, 0.29) is 5.91 Å². The molecule has 0 atom stereocenters. The second-order valence-electron chi connectivity index (χ2n) is 6.21. The summed E-state index contributed by atoms with van der Waals surface area (Å²) in [7, 11) is 0. The van der Waals surface area contributed by atoms with Gasteiger partial charge in [-0.2, -0.15) is 0 Å². The number of carbonyl (C=O) groups excluding carboxylic acids is 1. The van der Waals surface area contributed by atoms with Crippen LogP contribution in [0.1, 0.15) is 53.7 Å². The third kappa shape index (κ3) is 5.89. The summed E-state index contributed by atoms with van der Waals surface area (Å²) >= 11 is 0. The Balaban J connectivity index is 2.00. The molecule has 134 valence electrons. The molecule has 0 aromatic heterocycles. The van der Waals surface area contributed by atoms with Gasteiger partial charge in [0, 0.05) is 5.56 Å². The Morgan fingerprint density at radius 1 is 1.12 bits per heavy atom. The molecule has 5 nitrogen and oxygen atoms in total. The average molecular weight is 342 g/mol. The molecule has 25 heavy (non-hydrogen) atoms. The molecule has 0 spiro atoms. The molecule has 0 aliphatic carbocycles. The van der Waals surface area contributed by atoms with Gasteiger partial charge in [-0.1, -0.05) is 38.1 Å². The van der Waals surface area contributed by atoms with Gasteiger partial charge >= 0.3 is 0 Å². The first-order chi connectivity index (χ1) is 12.0. The van der Waals surface area contributed by atoms with Crippen LogP contribution in [0.15, 0.2) is 42.5 Å². The van der Waals surface area contributed by atoms with Crippen LogP contribution in [-0.4, -0.2) is 12.5 Å². The fourth-order valence-corrected chi connectivity index (χ4v) is 2.35. The van der Waals surface area contributed by atoms with E-state index in [1.807, 2.05) is 19.9 Å². The quantitative estimate of drug-likeness (QED) is 0.564. The maximum atomic E-state index is 12.1. The number of ether oxygens (including phenoxy) is 1. The highest BCUT2D eigenvalue weighted by molar-refractivity contribution is 5.94. The van der Waals surface area contributed by atoms with Gasteiger partial charge in [-0.25, -0.2) is 0 Å². The lowest BCUT2D eigenvalue weighted by molar-refractivity contribution is 0.0190. The molecule has 0 unspecified atom stereocenters. The number of rotatable bonds is 8. The molecular weight excluding hydrogens is 316 g/mol. The van der Waals surface area contributed by atoms with Crippen molar-refractivity contribution in [2.24, 2.45) is 0 Å². The van der Waals surface area contributed by atoms with Crippen molar-refractivity contribution >= 4 is 5.91 Å². The molecule has 0 radical (unpaired) electrons. The third-order valence-electron chi connectivity index (χ3n) is 3.75. The van der Waals surface area contributed by atoms with Crippen LogP contribution in [0.5, 0.6) is 5.75 Å². The summed E-state index contributed by atoms with van der Waals surface area (Å²) in [6.45, 7) is 9.01. The van der Waals surface area contributed by atoms with Crippen LogP contribution in [-0.2, 0) is 11.4 Å².